The molecular weight excluding hydrogens is 513 g/mol. The van der Waals surface area contributed by atoms with E-state index >= 15 is 0 Å². The number of hydrogen-bond acceptors (Lipinski definition) is 6. The molecule has 2 N–H and O–H groups in total. The number of alkyl halides is 3. The number of nitrogens with one attached hydrogen (secondary N) is 1. The smallest absolute Gasteiger partial charge is 0.433 e. The van der Waals surface area contributed by atoms with Crippen LogP contribution in [-0.2, 0) is 6.18 Å². The number of ether oxygens (including phenoxy) is 1. The predicted octanol–water partition coefficient (Wildman–Crippen LogP) is 5.00. The molecule has 8 nitrogen and oxygen atoms in total. The minimum atomic E-state index is -4.63. The Morgan fingerprint density at radius 3 is 2.45 bits per heavy atom. The number of hydrogen-bond donors (Lipinski definition) is 2. The molecule has 1 saturated heterocycles. The lowest BCUT2D eigenvalue weighted by Gasteiger charge is -2.33. The van der Waals surface area contributed by atoms with E-state index in [9.17, 15) is 31.9 Å². The molecule has 1 aliphatic rings. The summed E-state index contributed by atoms with van der Waals surface area (Å²) >= 11 is 0. The monoisotopic (exact) mass is 537 g/mol. The number of likely N-dealkylation sites (tertiary alicyclic amines) is 1. The summed E-state index contributed by atoms with van der Waals surface area (Å²) in [4.78, 5) is 26.0. The maximum absolute atomic E-state index is 13.9. The van der Waals surface area contributed by atoms with Gasteiger partial charge >= 0.3 is 12.2 Å². The van der Waals surface area contributed by atoms with Crippen LogP contribution in [0.15, 0.2) is 42.6 Å². The van der Waals surface area contributed by atoms with Crippen molar-refractivity contribution in [3.8, 4) is 5.88 Å². The molecule has 2 aromatic heterocycles. The van der Waals surface area contributed by atoms with Crippen LogP contribution in [0.5, 0.6) is 5.88 Å². The predicted molar refractivity (Wildman–Crippen MR) is 125 cm³/mol. The number of aromatic nitrogens is 3. The molecule has 0 spiro atoms. The summed E-state index contributed by atoms with van der Waals surface area (Å²) in [7, 11) is 0. The van der Waals surface area contributed by atoms with Crippen molar-refractivity contribution >= 4 is 11.7 Å². The molecule has 38 heavy (non-hydrogen) atoms. The normalized spacial score (nSPS) is 15.3. The molecular formula is C25H24F5N5O3. The number of piperidine rings is 1. The van der Waals surface area contributed by atoms with Crippen molar-refractivity contribution in [1.82, 2.24) is 19.9 Å². The second-order valence-corrected chi connectivity index (χ2v) is 8.73. The van der Waals surface area contributed by atoms with Crippen LogP contribution in [0.4, 0.5) is 32.4 Å². The van der Waals surface area contributed by atoms with Crippen molar-refractivity contribution in [3.05, 3.63) is 77.0 Å². The van der Waals surface area contributed by atoms with Crippen LogP contribution in [0.3, 0.4) is 0 Å². The number of pyridine rings is 1. The Labute approximate surface area is 214 Å². The Balaban J connectivity index is 1.41. The maximum atomic E-state index is 13.9. The minimum Gasteiger partial charge on any atom is -0.475 e. The molecule has 1 aliphatic heterocycles. The van der Waals surface area contributed by atoms with Crippen LogP contribution in [0.25, 0.3) is 0 Å². The number of halogens is 5. The van der Waals surface area contributed by atoms with Crippen LogP contribution >= 0.6 is 0 Å². The zero-order chi connectivity index (χ0) is 27.4. The number of urea groups is 1. The number of nitrogens with zero attached hydrogens (tertiary/aromatic N) is 4. The lowest BCUT2D eigenvalue weighted by Crippen LogP contribution is -2.41. The van der Waals surface area contributed by atoms with Crippen LogP contribution in [0, 0.1) is 18.6 Å². The van der Waals surface area contributed by atoms with Gasteiger partial charge in [0, 0.05) is 36.8 Å². The van der Waals surface area contributed by atoms with Gasteiger partial charge in [0.1, 0.15) is 41.6 Å². The van der Waals surface area contributed by atoms with E-state index in [2.05, 4.69) is 20.3 Å². The first kappa shape index (κ1) is 27.2. The summed E-state index contributed by atoms with van der Waals surface area (Å²) < 4.78 is 71.8. The zero-order valence-electron chi connectivity index (χ0n) is 20.2. The third-order valence-corrected chi connectivity index (χ3v) is 6.09. The molecule has 0 aliphatic carbocycles. The molecule has 1 atom stereocenters. The van der Waals surface area contributed by atoms with Gasteiger partial charge in [0.25, 0.3) is 0 Å². The molecule has 2 amide bonds. The van der Waals surface area contributed by atoms with Crippen molar-refractivity contribution < 1.29 is 36.6 Å². The second kappa shape index (κ2) is 11.3. The molecule has 4 rings (SSSR count). The summed E-state index contributed by atoms with van der Waals surface area (Å²) in [5.41, 5.74) is -0.756. The van der Waals surface area contributed by atoms with Gasteiger partial charge in [-0.15, -0.1) is 0 Å². The highest BCUT2D eigenvalue weighted by molar-refractivity contribution is 5.89. The van der Waals surface area contributed by atoms with E-state index in [1.165, 1.54) is 23.2 Å². The van der Waals surface area contributed by atoms with Gasteiger partial charge in [-0.3, -0.25) is 0 Å². The number of aliphatic hydroxyl groups is 1. The number of rotatable bonds is 6. The van der Waals surface area contributed by atoms with Crippen molar-refractivity contribution in [2.45, 2.75) is 38.0 Å². The first-order chi connectivity index (χ1) is 18.0. The van der Waals surface area contributed by atoms with E-state index in [0.29, 0.717) is 29.9 Å². The largest absolute Gasteiger partial charge is 0.475 e. The van der Waals surface area contributed by atoms with Crippen molar-refractivity contribution in [2.75, 3.05) is 25.0 Å². The topological polar surface area (TPSA) is 100 Å². The second-order valence-electron chi connectivity index (χ2n) is 8.73. The standard InChI is InChI=1S/C25H24F5N5O3/c1-14-31-12-16(19(36)13-38-21-7-3-6-20(33-21)25(28,29)30)22(32-14)15-8-10-35(11-9-15)24(37)34-23-17(26)4-2-5-18(23)27/h2-7,12,15,19,36H,8-11,13H2,1H3,(H,34,37). The quantitative estimate of drug-likeness (QED) is 0.430. The maximum Gasteiger partial charge on any atom is 0.433 e. The number of aryl methyl sites for hydroxylation is 1. The summed E-state index contributed by atoms with van der Waals surface area (Å²) in [6, 6.07) is 5.86. The van der Waals surface area contributed by atoms with E-state index in [4.69, 9.17) is 4.74 Å². The Kier molecular flexibility index (Phi) is 8.05. The van der Waals surface area contributed by atoms with E-state index in [-0.39, 0.29) is 31.5 Å². The molecule has 3 aromatic rings. The highest BCUT2D eigenvalue weighted by Crippen LogP contribution is 2.33. The van der Waals surface area contributed by atoms with Crippen LogP contribution in [0.1, 0.15) is 47.6 Å². The number of carbonyl (C=O) groups excluding carboxylic acids is 1. The molecule has 13 heteroatoms. The van der Waals surface area contributed by atoms with E-state index in [0.717, 1.165) is 24.3 Å². The van der Waals surface area contributed by atoms with Gasteiger partial charge < -0.3 is 20.1 Å². The van der Waals surface area contributed by atoms with Gasteiger partial charge in [-0.25, -0.2) is 28.5 Å². The van der Waals surface area contributed by atoms with Gasteiger partial charge in [-0.2, -0.15) is 13.2 Å². The first-order valence-electron chi connectivity index (χ1n) is 11.7. The third kappa shape index (κ3) is 6.33. The average Bonchev–Trinajstić information content (AvgIpc) is 2.89. The molecule has 0 radical (unpaired) electrons. The van der Waals surface area contributed by atoms with Crippen LogP contribution in [-0.4, -0.2) is 50.7 Å². The van der Waals surface area contributed by atoms with Gasteiger partial charge in [-0.1, -0.05) is 12.1 Å². The van der Waals surface area contributed by atoms with Gasteiger partial charge in [-0.05, 0) is 38.0 Å². The summed E-state index contributed by atoms with van der Waals surface area (Å²) in [5, 5.41) is 13.0. The summed E-state index contributed by atoms with van der Waals surface area (Å²) in [6.45, 7) is 1.81. The molecule has 1 aromatic carbocycles. The molecule has 0 bridgehead atoms. The number of para-hydroxylation sites is 1. The lowest BCUT2D eigenvalue weighted by molar-refractivity contribution is -0.141. The van der Waals surface area contributed by atoms with Crippen molar-refractivity contribution in [2.24, 2.45) is 0 Å². The van der Waals surface area contributed by atoms with Crippen LogP contribution in [0.2, 0.25) is 0 Å². The van der Waals surface area contributed by atoms with E-state index in [1.54, 1.807) is 6.92 Å². The number of aliphatic hydroxyl groups excluding tert-OH is 1. The number of benzene rings is 1. The van der Waals surface area contributed by atoms with E-state index in [1.807, 2.05) is 0 Å². The van der Waals surface area contributed by atoms with Crippen molar-refractivity contribution in [1.29, 1.82) is 0 Å². The lowest BCUT2D eigenvalue weighted by atomic mass is 9.89. The highest BCUT2D eigenvalue weighted by atomic mass is 19.4. The number of anilines is 1. The van der Waals surface area contributed by atoms with Gasteiger partial charge in [0.2, 0.25) is 5.88 Å². The fraction of sp³-hybridized carbons (Fsp3) is 0.360. The summed E-state index contributed by atoms with van der Waals surface area (Å²) in [6.07, 6.45) is -3.57. The Bertz CT molecular complexity index is 1280. The number of amides is 2. The molecule has 1 fully saturated rings. The Morgan fingerprint density at radius 1 is 1.13 bits per heavy atom. The molecule has 0 saturated carbocycles. The first-order valence-corrected chi connectivity index (χ1v) is 11.7. The molecule has 1 unspecified atom stereocenters. The zero-order valence-corrected chi connectivity index (χ0v) is 20.2. The highest BCUT2D eigenvalue weighted by Gasteiger charge is 2.33. The third-order valence-electron chi connectivity index (χ3n) is 6.09. The Morgan fingerprint density at radius 2 is 1.79 bits per heavy atom. The average molecular weight is 537 g/mol. The van der Waals surface area contributed by atoms with Gasteiger partial charge in [0.15, 0.2) is 0 Å². The molecule has 202 valence electrons. The van der Waals surface area contributed by atoms with E-state index < -0.39 is 41.3 Å². The fourth-order valence-electron chi connectivity index (χ4n) is 4.15. The van der Waals surface area contributed by atoms with Gasteiger partial charge in [0.05, 0.1) is 5.69 Å². The Hall–Kier alpha value is -3.87. The van der Waals surface area contributed by atoms with Crippen LogP contribution < -0.4 is 10.1 Å². The molecule has 3 heterocycles. The summed E-state index contributed by atoms with van der Waals surface area (Å²) in [5.74, 6) is -1.79. The minimum absolute atomic E-state index is 0.178. The SMILES string of the molecule is Cc1ncc(C(O)COc2cccc(C(F)(F)F)n2)c(C2CCN(C(=O)Nc3c(F)cccc3F)CC2)n1. The number of carbonyl (C=O) groups is 1. The fourth-order valence-corrected chi connectivity index (χ4v) is 4.15. The van der Waals surface area contributed by atoms with Crippen molar-refractivity contribution in [3.63, 3.8) is 0 Å².